The van der Waals surface area contributed by atoms with E-state index in [0.717, 1.165) is 5.69 Å². The summed E-state index contributed by atoms with van der Waals surface area (Å²) in [5.41, 5.74) is 3.81. The van der Waals surface area contributed by atoms with Gasteiger partial charge in [-0.2, -0.15) is 0 Å². The number of benzene rings is 1. The van der Waals surface area contributed by atoms with Crippen LogP contribution in [-0.4, -0.2) is 19.1 Å². The minimum atomic E-state index is -0.230. The molecule has 0 aliphatic heterocycles. The molecule has 2 nitrogen and oxygen atoms in total. The average molecular weight is 222 g/mol. The summed E-state index contributed by atoms with van der Waals surface area (Å²) in [7, 11) is 3.77. The van der Waals surface area contributed by atoms with Gasteiger partial charge in [0.1, 0.15) is 5.82 Å². The lowest BCUT2D eigenvalue weighted by Crippen LogP contribution is -2.08. The van der Waals surface area contributed by atoms with Gasteiger partial charge in [-0.05, 0) is 18.2 Å². The van der Waals surface area contributed by atoms with Gasteiger partial charge >= 0.3 is 0 Å². The van der Waals surface area contributed by atoms with Crippen LogP contribution in [0.1, 0.15) is 0 Å². The smallest absolute Gasteiger partial charge is 0.134 e. The highest BCUT2D eigenvalue weighted by molar-refractivity contribution is 7.07. The van der Waals surface area contributed by atoms with Gasteiger partial charge in [0.25, 0.3) is 0 Å². The molecule has 15 heavy (non-hydrogen) atoms. The lowest BCUT2D eigenvalue weighted by atomic mass is 10.1. The van der Waals surface area contributed by atoms with Crippen molar-refractivity contribution in [1.82, 2.24) is 4.98 Å². The number of anilines is 1. The number of halogens is 1. The minimum absolute atomic E-state index is 0.230. The SMILES string of the molecule is CN(C)c1ccc(-c2cscn2)c(F)c1. The van der Waals surface area contributed by atoms with E-state index in [9.17, 15) is 4.39 Å². The van der Waals surface area contributed by atoms with E-state index >= 15 is 0 Å². The van der Waals surface area contributed by atoms with Crippen LogP contribution in [0.25, 0.3) is 11.3 Å². The normalized spacial score (nSPS) is 10.3. The zero-order valence-electron chi connectivity index (χ0n) is 8.57. The van der Waals surface area contributed by atoms with Gasteiger partial charge in [-0.25, -0.2) is 9.37 Å². The number of rotatable bonds is 2. The van der Waals surface area contributed by atoms with E-state index in [1.54, 1.807) is 11.6 Å². The van der Waals surface area contributed by atoms with Crippen molar-refractivity contribution in [3.8, 4) is 11.3 Å². The standard InChI is InChI=1S/C11H11FN2S/c1-14(2)8-3-4-9(10(12)5-8)11-6-15-7-13-11/h3-7H,1-2H3. The molecule has 0 spiro atoms. The number of nitrogens with zero attached hydrogens (tertiary/aromatic N) is 2. The molecule has 0 unspecified atom stereocenters. The molecular formula is C11H11FN2S. The van der Waals surface area contributed by atoms with Crippen molar-refractivity contribution < 1.29 is 4.39 Å². The van der Waals surface area contributed by atoms with Gasteiger partial charge in [-0.1, -0.05) is 0 Å². The first-order valence-corrected chi connectivity index (χ1v) is 5.48. The second-order valence-electron chi connectivity index (χ2n) is 3.43. The molecule has 2 rings (SSSR count). The maximum atomic E-state index is 13.7. The van der Waals surface area contributed by atoms with Crippen molar-refractivity contribution in [2.75, 3.05) is 19.0 Å². The summed E-state index contributed by atoms with van der Waals surface area (Å²) in [5.74, 6) is -0.230. The van der Waals surface area contributed by atoms with Gasteiger partial charge in [0.05, 0.1) is 11.2 Å². The molecule has 0 bridgehead atoms. The van der Waals surface area contributed by atoms with Gasteiger partial charge in [-0.15, -0.1) is 11.3 Å². The molecule has 2 aromatic rings. The zero-order chi connectivity index (χ0) is 10.8. The Kier molecular flexibility index (Phi) is 2.68. The third kappa shape index (κ3) is 1.99. The third-order valence-corrected chi connectivity index (χ3v) is 2.76. The van der Waals surface area contributed by atoms with Crippen molar-refractivity contribution in [2.24, 2.45) is 0 Å². The van der Waals surface area contributed by atoms with Crippen LogP contribution in [0.2, 0.25) is 0 Å². The second kappa shape index (κ2) is 3.98. The van der Waals surface area contributed by atoms with E-state index in [1.807, 2.05) is 30.4 Å². The summed E-state index contributed by atoms with van der Waals surface area (Å²) >= 11 is 1.47. The van der Waals surface area contributed by atoms with E-state index in [-0.39, 0.29) is 5.82 Å². The van der Waals surface area contributed by atoms with Crippen LogP contribution < -0.4 is 4.90 Å². The number of aromatic nitrogens is 1. The number of hydrogen-bond donors (Lipinski definition) is 0. The van der Waals surface area contributed by atoms with Crippen molar-refractivity contribution in [1.29, 1.82) is 0 Å². The maximum Gasteiger partial charge on any atom is 0.134 e. The topological polar surface area (TPSA) is 16.1 Å². The first-order chi connectivity index (χ1) is 7.18. The van der Waals surface area contributed by atoms with Crippen molar-refractivity contribution in [3.63, 3.8) is 0 Å². The number of thiazole rings is 1. The first kappa shape index (κ1) is 10.1. The summed E-state index contributed by atoms with van der Waals surface area (Å²) < 4.78 is 13.7. The average Bonchev–Trinajstić information content (AvgIpc) is 2.70. The van der Waals surface area contributed by atoms with Crippen LogP contribution in [0, 0.1) is 5.82 Å². The minimum Gasteiger partial charge on any atom is -0.378 e. The highest BCUT2D eigenvalue weighted by Gasteiger charge is 2.08. The molecule has 1 aromatic heterocycles. The zero-order valence-corrected chi connectivity index (χ0v) is 9.38. The lowest BCUT2D eigenvalue weighted by molar-refractivity contribution is 0.630. The molecular weight excluding hydrogens is 211 g/mol. The summed E-state index contributed by atoms with van der Waals surface area (Å²) in [5, 5.41) is 1.84. The molecule has 4 heteroatoms. The van der Waals surface area contributed by atoms with Crippen LogP contribution in [0.3, 0.4) is 0 Å². The van der Waals surface area contributed by atoms with Crippen LogP contribution in [0.4, 0.5) is 10.1 Å². The molecule has 0 saturated carbocycles. The molecule has 1 aromatic carbocycles. The Morgan fingerprint density at radius 1 is 1.33 bits per heavy atom. The van der Waals surface area contributed by atoms with Crippen molar-refractivity contribution in [3.05, 3.63) is 34.9 Å². The second-order valence-corrected chi connectivity index (χ2v) is 4.15. The van der Waals surface area contributed by atoms with Gasteiger partial charge in [0.15, 0.2) is 0 Å². The lowest BCUT2D eigenvalue weighted by Gasteiger charge is -2.12. The van der Waals surface area contributed by atoms with E-state index in [2.05, 4.69) is 4.98 Å². The maximum absolute atomic E-state index is 13.7. The van der Waals surface area contributed by atoms with E-state index in [4.69, 9.17) is 0 Å². The number of hydrogen-bond acceptors (Lipinski definition) is 3. The largest absolute Gasteiger partial charge is 0.378 e. The molecule has 0 N–H and O–H groups in total. The van der Waals surface area contributed by atoms with E-state index < -0.39 is 0 Å². The summed E-state index contributed by atoms with van der Waals surface area (Å²) in [6, 6.07) is 5.17. The quantitative estimate of drug-likeness (QED) is 0.776. The Morgan fingerprint density at radius 3 is 2.67 bits per heavy atom. The summed E-state index contributed by atoms with van der Waals surface area (Å²) in [6.45, 7) is 0. The fourth-order valence-corrected chi connectivity index (χ4v) is 1.89. The van der Waals surface area contributed by atoms with Crippen LogP contribution in [-0.2, 0) is 0 Å². The van der Waals surface area contributed by atoms with E-state index in [1.165, 1.54) is 17.4 Å². The predicted molar refractivity (Wildman–Crippen MR) is 61.8 cm³/mol. The molecule has 0 amide bonds. The molecule has 0 aliphatic carbocycles. The Hall–Kier alpha value is -1.42. The summed E-state index contributed by atoms with van der Waals surface area (Å²) in [6.07, 6.45) is 0. The fourth-order valence-electron chi connectivity index (χ4n) is 1.34. The van der Waals surface area contributed by atoms with Crippen molar-refractivity contribution >= 4 is 17.0 Å². The fraction of sp³-hybridized carbons (Fsp3) is 0.182. The van der Waals surface area contributed by atoms with Crippen LogP contribution in [0.5, 0.6) is 0 Å². The molecule has 0 fully saturated rings. The molecule has 0 atom stereocenters. The Morgan fingerprint density at radius 2 is 2.13 bits per heavy atom. The summed E-state index contributed by atoms with van der Waals surface area (Å²) in [4.78, 5) is 5.96. The van der Waals surface area contributed by atoms with Gasteiger partial charge < -0.3 is 4.90 Å². The molecule has 78 valence electrons. The van der Waals surface area contributed by atoms with Gasteiger partial charge in [-0.3, -0.25) is 0 Å². The third-order valence-electron chi connectivity index (χ3n) is 2.18. The van der Waals surface area contributed by atoms with Crippen LogP contribution in [0.15, 0.2) is 29.1 Å². The molecule has 1 heterocycles. The molecule has 0 aliphatic rings. The highest BCUT2D eigenvalue weighted by atomic mass is 32.1. The van der Waals surface area contributed by atoms with Crippen molar-refractivity contribution in [2.45, 2.75) is 0 Å². The van der Waals surface area contributed by atoms with Crippen LogP contribution >= 0.6 is 11.3 Å². The molecule has 0 radical (unpaired) electrons. The Bertz CT molecular complexity index is 452. The molecule has 0 saturated heterocycles. The Balaban J connectivity index is 2.44. The van der Waals surface area contributed by atoms with Gasteiger partial charge in [0.2, 0.25) is 0 Å². The predicted octanol–water partition coefficient (Wildman–Crippen LogP) is 3.02. The van der Waals surface area contributed by atoms with E-state index in [0.29, 0.717) is 11.3 Å². The monoisotopic (exact) mass is 222 g/mol. The Labute approximate surface area is 92.0 Å². The highest BCUT2D eigenvalue weighted by Crippen LogP contribution is 2.25. The van der Waals surface area contributed by atoms with Gasteiger partial charge in [0, 0.05) is 30.7 Å². The first-order valence-electron chi connectivity index (χ1n) is 4.54.